The summed E-state index contributed by atoms with van der Waals surface area (Å²) in [5.41, 5.74) is 2.65. The molecule has 1 unspecified atom stereocenters. The molecule has 25 heavy (non-hydrogen) atoms. The summed E-state index contributed by atoms with van der Waals surface area (Å²) in [4.78, 5) is 15.4. The van der Waals surface area contributed by atoms with Gasteiger partial charge in [0.15, 0.2) is 0 Å². The van der Waals surface area contributed by atoms with Gasteiger partial charge in [-0.2, -0.15) is 0 Å². The Kier molecular flexibility index (Phi) is 3.70. The largest absolute Gasteiger partial charge is 0.371 e. The van der Waals surface area contributed by atoms with E-state index in [1.165, 1.54) is 30.4 Å². The van der Waals surface area contributed by atoms with Gasteiger partial charge in [-0.05, 0) is 67.4 Å². The first-order valence-electron chi connectivity index (χ1n) is 10.1. The molecule has 5 aliphatic rings. The van der Waals surface area contributed by atoms with Crippen LogP contribution >= 0.6 is 0 Å². The van der Waals surface area contributed by atoms with Gasteiger partial charge >= 0.3 is 0 Å². The number of carbonyl (C=O) groups excluding carboxylic acids is 1. The van der Waals surface area contributed by atoms with Gasteiger partial charge in [-0.15, -0.1) is 0 Å². The highest BCUT2D eigenvalue weighted by atomic mass is 16.5. The third-order valence-corrected chi connectivity index (χ3v) is 7.36. The van der Waals surface area contributed by atoms with Crippen molar-refractivity contribution in [3.8, 4) is 0 Å². The van der Waals surface area contributed by atoms with E-state index in [-0.39, 0.29) is 11.5 Å². The molecule has 1 aromatic carbocycles. The van der Waals surface area contributed by atoms with Crippen molar-refractivity contribution in [3.05, 3.63) is 35.4 Å². The van der Waals surface area contributed by atoms with Crippen molar-refractivity contribution < 1.29 is 9.53 Å². The maximum absolute atomic E-state index is 13.4. The average molecular weight is 339 g/mol. The van der Waals surface area contributed by atoms with Gasteiger partial charge in [0.1, 0.15) is 0 Å². The molecule has 0 spiro atoms. The lowest BCUT2D eigenvalue weighted by atomic mass is 9.49. The van der Waals surface area contributed by atoms with Gasteiger partial charge in [-0.1, -0.05) is 24.3 Å². The molecule has 6 rings (SSSR count). The smallest absolute Gasteiger partial charge is 0.228 e. The Labute approximate surface area is 150 Å². The number of hydrogen-bond donors (Lipinski definition) is 0. The molecular weight excluding hydrogens is 310 g/mol. The van der Waals surface area contributed by atoms with E-state index in [4.69, 9.17) is 4.74 Å². The van der Waals surface area contributed by atoms with Crippen LogP contribution in [-0.2, 0) is 22.6 Å². The molecule has 3 nitrogen and oxygen atoms in total. The van der Waals surface area contributed by atoms with Crippen molar-refractivity contribution >= 4 is 5.91 Å². The monoisotopic (exact) mass is 339 g/mol. The summed E-state index contributed by atoms with van der Waals surface area (Å²) in [6.45, 7) is 1.41. The molecule has 0 aromatic heterocycles. The zero-order valence-corrected chi connectivity index (χ0v) is 15.2. The highest BCUT2D eigenvalue weighted by Crippen LogP contribution is 2.60. The Hall–Kier alpha value is -1.35. The normalized spacial score (nSPS) is 38.4. The number of benzene rings is 1. The van der Waals surface area contributed by atoms with Crippen molar-refractivity contribution in [2.24, 2.45) is 23.2 Å². The molecule has 0 radical (unpaired) electrons. The maximum Gasteiger partial charge on any atom is 0.228 e. The molecule has 3 heteroatoms. The number of nitrogens with zero attached hydrogens (tertiary/aromatic N) is 1. The van der Waals surface area contributed by atoms with E-state index in [0.29, 0.717) is 12.5 Å². The lowest BCUT2D eigenvalue weighted by Crippen LogP contribution is -2.55. The molecule has 1 aromatic rings. The van der Waals surface area contributed by atoms with E-state index < -0.39 is 0 Å². The fraction of sp³-hybridized carbons (Fsp3) is 0.682. The minimum Gasteiger partial charge on any atom is -0.371 e. The topological polar surface area (TPSA) is 29.5 Å². The van der Waals surface area contributed by atoms with E-state index >= 15 is 0 Å². The first kappa shape index (κ1) is 15.9. The molecule has 0 saturated heterocycles. The van der Waals surface area contributed by atoms with Gasteiger partial charge < -0.3 is 9.64 Å². The second kappa shape index (κ2) is 5.84. The molecule has 4 saturated carbocycles. The minimum atomic E-state index is -0.0317. The molecule has 134 valence electrons. The Balaban J connectivity index is 1.27. The minimum absolute atomic E-state index is 0.0317. The first-order chi connectivity index (χ1) is 12.1. The Morgan fingerprint density at radius 2 is 1.68 bits per heavy atom. The second-order valence-electron chi connectivity index (χ2n) is 9.29. The molecule has 4 aliphatic carbocycles. The number of likely N-dealkylation sites (N-methyl/N-ethyl adjacent to an activating group) is 1. The van der Waals surface area contributed by atoms with Crippen LogP contribution in [0.3, 0.4) is 0 Å². The van der Waals surface area contributed by atoms with Crippen LogP contribution in [0.1, 0.15) is 49.7 Å². The summed E-state index contributed by atoms with van der Waals surface area (Å²) in [6, 6.07) is 8.53. The van der Waals surface area contributed by atoms with Gasteiger partial charge in [0, 0.05) is 20.0 Å². The SMILES string of the molecule is CN(CC1Cc2ccccc2CO1)C(=O)C12CC3CC(CC(C3)C1)C2. The van der Waals surface area contributed by atoms with Crippen LogP contribution in [0.5, 0.6) is 0 Å². The number of fused-ring (bicyclic) bond motifs is 1. The van der Waals surface area contributed by atoms with Gasteiger partial charge in [0.25, 0.3) is 0 Å². The number of rotatable bonds is 3. The van der Waals surface area contributed by atoms with Crippen LogP contribution in [0.2, 0.25) is 0 Å². The van der Waals surface area contributed by atoms with Gasteiger partial charge in [0.2, 0.25) is 5.91 Å². The zero-order valence-electron chi connectivity index (χ0n) is 15.2. The van der Waals surface area contributed by atoms with Gasteiger partial charge in [-0.3, -0.25) is 4.79 Å². The molecule has 1 atom stereocenters. The van der Waals surface area contributed by atoms with Gasteiger partial charge in [-0.25, -0.2) is 0 Å². The quantitative estimate of drug-likeness (QED) is 0.838. The Morgan fingerprint density at radius 3 is 2.32 bits per heavy atom. The van der Waals surface area contributed by atoms with Gasteiger partial charge in [0.05, 0.1) is 18.1 Å². The third kappa shape index (κ3) is 2.71. The highest BCUT2D eigenvalue weighted by Gasteiger charge is 2.55. The Bertz CT molecular complexity index is 647. The molecular formula is C22H29NO2. The highest BCUT2D eigenvalue weighted by molar-refractivity contribution is 5.83. The molecule has 4 bridgehead atoms. The summed E-state index contributed by atoms with van der Waals surface area (Å²) in [6.07, 6.45) is 8.67. The van der Waals surface area contributed by atoms with E-state index in [9.17, 15) is 4.79 Å². The van der Waals surface area contributed by atoms with Crippen LogP contribution in [0, 0.1) is 23.2 Å². The number of carbonyl (C=O) groups is 1. The first-order valence-corrected chi connectivity index (χ1v) is 10.1. The fourth-order valence-electron chi connectivity index (χ4n) is 6.69. The van der Waals surface area contributed by atoms with E-state index in [0.717, 1.165) is 50.0 Å². The third-order valence-electron chi connectivity index (χ3n) is 7.36. The van der Waals surface area contributed by atoms with E-state index in [1.54, 1.807) is 0 Å². The zero-order chi connectivity index (χ0) is 17.0. The molecule has 0 N–H and O–H groups in total. The molecule has 1 heterocycles. The van der Waals surface area contributed by atoms with Crippen LogP contribution in [0.25, 0.3) is 0 Å². The van der Waals surface area contributed by atoms with E-state index in [2.05, 4.69) is 24.3 Å². The predicted octanol–water partition coefficient (Wildman–Crippen LogP) is 3.80. The van der Waals surface area contributed by atoms with Crippen molar-refractivity contribution in [2.75, 3.05) is 13.6 Å². The van der Waals surface area contributed by atoms with Crippen molar-refractivity contribution in [1.82, 2.24) is 4.90 Å². The van der Waals surface area contributed by atoms with Crippen molar-refractivity contribution in [1.29, 1.82) is 0 Å². The average Bonchev–Trinajstić information content (AvgIpc) is 2.60. The molecule has 4 fully saturated rings. The van der Waals surface area contributed by atoms with Crippen molar-refractivity contribution in [3.63, 3.8) is 0 Å². The standard InChI is InChI=1S/C22H29NO2/c1-23(13-20-9-18-4-2-3-5-19(18)14-25-20)21(24)22-10-15-6-16(11-22)8-17(7-15)12-22/h2-5,15-17,20H,6-14H2,1H3. The second-order valence-corrected chi connectivity index (χ2v) is 9.29. The number of amides is 1. The number of hydrogen-bond acceptors (Lipinski definition) is 2. The van der Waals surface area contributed by atoms with Crippen LogP contribution in [-0.4, -0.2) is 30.5 Å². The van der Waals surface area contributed by atoms with Crippen LogP contribution in [0.4, 0.5) is 0 Å². The fourth-order valence-corrected chi connectivity index (χ4v) is 6.69. The molecule has 1 amide bonds. The van der Waals surface area contributed by atoms with Crippen LogP contribution < -0.4 is 0 Å². The molecule has 1 aliphatic heterocycles. The number of ether oxygens (including phenoxy) is 1. The lowest BCUT2D eigenvalue weighted by Gasteiger charge is -2.56. The lowest BCUT2D eigenvalue weighted by molar-refractivity contribution is -0.158. The predicted molar refractivity (Wildman–Crippen MR) is 97.0 cm³/mol. The summed E-state index contributed by atoms with van der Waals surface area (Å²) in [5.74, 6) is 2.87. The Morgan fingerprint density at radius 1 is 1.08 bits per heavy atom. The summed E-state index contributed by atoms with van der Waals surface area (Å²) in [5, 5.41) is 0. The maximum atomic E-state index is 13.4. The summed E-state index contributed by atoms with van der Waals surface area (Å²) < 4.78 is 6.05. The van der Waals surface area contributed by atoms with E-state index in [1.807, 2.05) is 11.9 Å². The van der Waals surface area contributed by atoms with Crippen molar-refractivity contribution in [2.45, 2.75) is 57.7 Å². The van der Waals surface area contributed by atoms with Crippen LogP contribution in [0.15, 0.2) is 24.3 Å². The summed E-state index contributed by atoms with van der Waals surface area (Å²) in [7, 11) is 2.00. The summed E-state index contributed by atoms with van der Waals surface area (Å²) >= 11 is 0.